The SMILES string of the molecule is Cc1cc(C#N)cc(-c2cnn(CC3CCC3)c2)c1. The fourth-order valence-electron chi connectivity index (χ4n) is 2.57. The van der Waals surface area contributed by atoms with E-state index < -0.39 is 0 Å². The van der Waals surface area contributed by atoms with Gasteiger partial charge in [0.25, 0.3) is 0 Å². The third kappa shape index (κ3) is 2.53. The number of aryl methyl sites for hydroxylation is 1. The van der Waals surface area contributed by atoms with E-state index in [2.05, 4.69) is 23.4 Å². The fourth-order valence-corrected chi connectivity index (χ4v) is 2.57. The van der Waals surface area contributed by atoms with Gasteiger partial charge in [0.15, 0.2) is 0 Å². The second-order valence-corrected chi connectivity index (χ2v) is 5.45. The average molecular weight is 251 g/mol. The Labute approximate surface area is 113 Å². The number of hydrogen-bond acceptors (Lipinski definition) is 2. The fraction of sp³-hybridized carbons (Fsp3) is 0.375. The zero-order chi connectivity index (χ0) is 13.2. The molecule has 1 fully saturated rings. The van der Waals surface area contributed by atoms with Crippen LogP contribution >= 0.6 is 0 Å². The topological polar surface area (TPSA) is 41.6 Å². The lowest BCUT2D eigenvalue weighted by Gasteiger charge is -2.24. The number of nitrogens with zero attached hydrogens (tertiary/aromatic N) is 3. The van der Waals surface area contributed by atoms with Crippen LogP contribution in [-0.2, 0) is 6.54 Å². The number of nitriles is 1. The van der Waals surface area contributed by atoms with Gasteiger partial charge < -0.3 is 0 Å². The van der Waals surface area contributed by atoms with Crippen LogP contribution in [0.15, 0.2) is 30.6 Å². The van der Waals surface area contributed by atoms with E-state index in [0.717, 1.165) is 29.2 Å². The van der Waals surface area contributed by atoms with E-state index in [4.69, 9.17) is 5.26 Å². The van der Waals surface area contributed by atoms with E-state index in [1.54, 1.807) is 0 Å². The Morgan fingerprint density at radius 1 is 1.32 bits per heavy atom. The molecule has 0 bridgehead atoms. The Morgan fingerprint density at radius 2 is 2.16 bits per heavy atom. The van der Waals surface area contributed by atoms with Gasteiger partial charge in [0, 0.05) is 18.3 Å². The first-order valence-corrected chi connectivity index (χ1v) is 6.79. The van der Waals surface area contributed by atoms with E-state index >= 15 is 0 Å². The summed E-state index contributed by atoms with van der Waals surface area (Å²) in [6.45, 7) is 3.04. The van der Waals surface area contributed by atoms with Crippen LogP contribution in [-0.4, -0.2) is 9.78 Å². The second-order valence-electron chi connectivity index (χ2n) is 5.45. The minimum atomic E-state index is 0.710. The number of aromatic nitrogens is 2. The lowest BCUT2D eigenvalue weighted by molar-refractivity contribution is 0.266. The van der Waals surface area contributed by atoms with Crippen LogP contribution in [0.25, 0.3) is 11.1 Å². The van der Waals surface area contributed by atoms with Crippen LogP contribution in [0.1, 0.15) is 30.4 Å². The molecule has 1 aliphatic rings. The van der Waals surface area contributed by atoms with Gasteiger partial charge in [-0.2, -0.15) is 10.4 Å². The molecule has 0 atom stereocenters. The Bertz CT molecular complexity index is 630. The highest BCUT2D eigenvalue weighted by Crippen LogP contribution is 2.28. The van der Waals surface area contributed by atoms with Crippen molar-refractivity contribution in [1.82, 2.24) is 9.78 Å². The molecule has 0 amide bonds. The van der Waals surface area contributed by atoms with E-state index in [1.807, 2.05) is 29.9 Å². The van der Waals surface area contributed by atoms with Crippen LogP contribution in [0.3, 0.4) is 0 Å². The normalized spacial score (nSPS) is 14.9. The van der Waals surface area contributed by atoms with Crippen molar-refractivity contribution in [2.24, 2.45) is 5.92 Å². The summed E-state index contributed by atoms with van der Waals surface area (Å²) < 4.78 is 2.04. The Hall–Kier alpha value is -2.08. The Kier molecular flexibility index (Phi) is 3.08. The zero-order valence-electron chi connectivity index (χ0n) is 11.1. The van der Waals surface area contributed by atoms with E-state index in [0.29, 0.717) is 5.56 Å². The van der Waals surface area contributed by atoms with Crippen molar-refractivity contribution in [2.75, 3.05) is 0 Å². The van der Waals surface area contributed by atoms with Crippen LogP contribution in [0.5, 0.6) is 0 Å². The molecule has 2 aromatic rings. The minimum Gasteiger partial charge on any atom is -0.272 e. The van der Waals surface area contributed by atoms with E-state index in [9.17, 15) is 0 Å². The molecule has 1 aromatic heterocycles. The van der Waals surface area contributed by atoms with Crippen LogP contribution in [0.2, 0.25) is 0 Å². The molecule has 1 saturated carbocycles. The second kappa shape index (κ2) is 4.89. The van der Waals surface area contributed by atoms with Gasteiger partial charge in [-0.3, -0.25) is 4.68 Å². The summed E-state index contributed by atoms with van der Waals surface area (Å²) in [7, 11) is 0. The standard InChI is InChI=1S/C16H17N3/c1-12-5-14(8-17)7-15(6-12)16-9-18-19(11-16)10-13-3-2-4-13/h5-7,9,11,13H,2-4,10H2,1H3. The first kappa shape index (κ1) is 12.0. The molecule has 0 saturated heterocycles. The number of benzene rings is 1. The Balaban J connectivity index is 1.85. The molecule has 0 N–H and O–H groups in total. The summed E-state index contributed by atoms with van der Waals surface area (Å²) in [6.07, 6.45) is 8.02. The van der Waals surface area contributed by atoms with Gasteiger partial charge >= 0.3 is 0 Å². The summed E-state index contributed by atoms with van der Waals surface area (Å²) in [6, 6.07) is 8.14. The van der Waals surface area contributed by atoms with Crippen LogP contribution < -0.4 is 0 Å². The van der Waals surface area contributed by atoms with Gasteiger partial charge in [0.2, 0.25) is 0 Å². The van der Waals surface area contributed by atoms with E-state index in [1.165, 1.54) is 19.3 Å². The van der Waals surface area contributed by atoms with Crippen molar-refractivity contribution in [2.45, 2.75) is 32.7 Å². The molecule has 0 aliphatic heterocycles. The molecule has 1 aliphatic carbocycles. The third-order valence-corrected chi connectivity index (χ3v) is 3.84. The maximum atomic E-state index is 9.03. The van der Waals surface area contributed by atoms with Crippen molar-refractivity contribution in [3.8, 4) is 17.2 Å². The molecule has 96 valence electrons. The van der Waals surface area contributed by atoms with Crippen molar-refractivity contribution in [3.05, 3.63) is 41.7 Å². The summed E-state index contributed by atoms with van der Waals surface area (Å²) in [5.41, 5.74) is 4.00. The highest BCUT2D eigenvalue weighted by molar-refractivity contribution is 5.64. The molecule has 0 spiro atoms. The lowest BCUT2D eigenvalue weighted by atomic mass is 9.85. The summed E-state index contributed by atoms with van der Waals surface area (Å²) in [4.78, 5) is 0. The van der Waals surface area contributed by atoms with Gasteiger partial charge in [-0.1, -0.05) is 12.5 Å². The van der Waals surface area contributed by atoms with Gasteiger partial charge in [0.1, 0.15) is 0 Å². The summed E-state index contributed by atoms with van der Waals surface area (Å²) in [5.74, 6) is 0.805. The maximum Gasteiger partial charge on any atom is 0.0991 e. The Morgan fingerprint density at radius 3 is 2.84 bits per heavy atom. The predicted molar refractivity (Wildman–Crippen MR) is 74.5 cm³/mol. The monoisotopic (exact) mass is 251 g/mol. The first-order chi connectivity index (χ1) is 9.24. The molecule has 1 aromatic carbocycles. The smallest absolute Gasteiger partial charge is 0.0991 e. The highest BCUT2D eigenvalue weighted by Gasteiger charge is 2.18. The van der Waals surface area contributed by atoms with Gasteiger partial charge in [0.05, 0.1) is 17.8 Å². The van der Waals surface area contributed by atoms with Gasteiger partial charge in [-0.15, -0.1) is 0 Å². The quantitative estimate of drug-likeness (QED) is 0.837. The largest absolute Gasteiger partial charge is 0.272 e. The minimum absolute atomic E-state index is 0.710. The molecule has 0 radical (unpaired) electrons. The number of rotatable bonds is 3. The van der Waals surface area contributed by atoms with Crippen molar-refractivity contribution < 1.29 is 0 Å². The molecule has 3 heteroatoms. The van der Waals surface area contributed by atoms with E-state index in [-0.39, 0.29) is 0 Å². The van der Waals surface area contributed by atoms with Gasteiger partial charge in [-0.25, -0.2) is 0 Å². The number of hydrogen-bond donors (Lipinski definition) is 0. The third-order valence-electron chi connectivity index (χ3n) is 3.84. The molecule has 1 heterocycles. The molecule has 3 rings (SSSR count). The highest BCUT2D eigenvalue weighted by atomic mass is 15.3. The molecular weight excluding hydrogens is 234 g/mol. The molecular formula is C16H17N3. The van der Waals surface area contributed by atoms with Crippen molar-refractivity contribution >= 4 is 0 Å². The lowest BCUT2D eigenvalue weighted by Crippen LogP contribution is -2.18. The first-order valence-electron chi connectivity index (χ1n) is 6.79. The van der Waals surface area contributed by atoms with Gasteiger partial charge in [-0.05, 0) is 48.9 Å². The van der Waals surface area contributed by atoms with Crippen LogP contribution in [0, 0.1) is 24.2 Å². The molecule has 0 unspecified atom stereocenters. The predicted octanol–water partition coefficient (Wildman–Crippen LogP) is 3.53. The van der Waals surface area contributed by atoms with Crippen molar-refractivity contribution in [3.63, 3.8) is 0 Å². The summed E-state index contributed by atoms with van der Waals surface area (Å²) in [5, 5.41) is 13.5. The van der Waals surface area contributed by atoms with Crippen LogP contribution in [0.4, 0.5) is 0 Å². The molecule has 3 nitrogen and oxygen atoms in total. The maximum absolute atomic E-state index is 9.03. The summed E-state index contributed by atoms with van der Waals surface area (Å²) >= 11 is 0. The molecule has 19 heavy (non-hydrogen) atoms. The van der Waals surface area contributed by atoms with Crippen molar-refractivity contribution in [1.29, 1.82) is 5.26 Å². The zero-order valence-corrected chi connectivity index (χ0v) is 11.1. The average Bonchev–Trinajstić information content (AvgIpc) is 2.81.